The predicted molar refractivity (Wildman–Crippen MR) is 100 cm³/mol. The van der Waals surface area contributed by atoms with E-state index >= 15 is 0 Å². The molecule has 0 radical (unpaired) electrons. The zero-order chi connectivity index (χ0) is 19.9. The van der Waals surface area contributed by atoms with Crippen molar-refractivity contribution in [2.75, 3.05) is 6.54 Å². The van der Waals surface area contributed by atoms with Crippen molar-refractivity contribution in [2.24, 2.45) is 0 Å². The fraction of sp³-hybridized carbons (Fsp3) is 0.222. The van der Waals surface area contributed by atoms with Crippen LogP contribution in [0.15, 0.2) is 53.2 Å². The zero-order valence-corrected chi connectivity index (χ0v) is 15.5. The molecular formula is C18H17ClN4O5. The summed E-state index contributed by atoms with van der Waals surface area (Å²) < 4.78 is 12.6. The molecule has 0 bridgehead atoms. The number of amides is 1. The van der Waals surface area contributed by atoms with Crippen LogP contribution in [0.4, 0.5) is 5.69 Å². The Morgan fingerprint density at radius 3 is 2.89 bits per heavy atom. The Morgan fingerprint density at radius 1 is 1.32 bits per heavy atom. The number of rotatable bonds is 9. The highest BCUT2D eigenvalue weighted by Crippen LogP contribution is 2.26. The van der Waals surface area contributed by atoms with Crippen molar-refractivity contribution in [3.63, 3.8) is 0 Å². The quantitative estimate of drug-likeness (QED) is 0.332. The van der Waals surface area contributed by atoms with Crippen LogP contribution in [0.2, 0.25) is 5.02 Å². The molecule has 0 spiro atoms. The van der Waals surface area contributed by atoms with Gasteiger partial charge in [0.25, 0.3) is 5.91 Å². The highest BCUT2D eigenvalue weighted by molar-refractivity contribution is 6.30. The van der Waals surface area contributed by atoms with Crippen LogP contribution < -0.4 is 10.1 Å². The Bertz CT molecular complexity index is 968. The van der Waals surface area contributed by atoms with E-state index in [1.807, 2.05) is 0 Å². The first-order chi connectivity index (χ1) is 13.5. The van der Waals surface area contributed by atoms with Crippen molar-refractivity contribution in [1.29, 1.82) is 0 Å². The number of para-hydroxylation sites is 2. The number of nitrogens with zero attached hydrogens (tertiary/aromatic N) is 3. The molecule has 0 aliphatic carbocycles. The van der Waals surface area contributed by atoms with E-state index in [9.17, 15) is 14.9 Å². The molecule has 1 aromatic carbocycles. The van der Waals surface area contributed by atoms with E-state index in [1.165, 1.54) is 18.2 Å². The third-order valence-corrected chi connectivity index (χ3v) is 3.96. The van der Waals surface area contributed by atoms with Gasteiger partial charge in [0, 0.05) is 25.4 Å². The Labute approximate surface area is 165 Å². The van der Waals surface area contributed by atoms with Gasteiger partial charge in [0.1, 0.15) is 12.4 Å². The molecule has 0 unspecified atom stereocenters. The molecule has 3 rings (SSSR count). The molecule has 2 aromatic heterocycles. The van der Waals surface area contributed by atoms with E-state index in [4.69, 9.17) is 20.8 Å². The number of benzene rings is 1. The second-order valence-electron chi connectivity index (χ2n) is 5.81. The largest absolute Gasteiger partial charge is 0.479 e. The summed E-state index contributed by atoms with van der Waals surface area (Å²) in [5.41, 5.74) is -0.134. The Morgan fingerprint density at radius 2 is 2.14 bits per heavy atom. The maximum atomic E-state index is 12.1. The number of ether oxygens (including phenoxy) is 1. The SMILES string of the molecule is O=C(NCCCn1cc(Cl)cn1)c1ccc(COc2ccccc2[N+](=O)[O-])o1. The molecule has 0 aliphatic heterocycles. The first-order valence-electron chi connectivity index (χ1n) is 8.44. The van der Waals surface area contributed by atoms with Crippen LogP contribution in [0.3, 0.4) is 0 Å². The lowest BCUT2D eigenvalue weighted by Crippen LogP contribution is -2.24. The predicted octanol–water partition coefficient (Wildman–Crippen LogP) is 3.44. The first-order valence-corrected chi connectivity index (χ1v) is 8.82. The molecule has 0 saturated heterocycles. The van der Waals surface area contributed by atoms with E-state index in [0.717, 1.165) is 0 Å². The van der Waals surface area contributed by atoms with Crippen LogP contribution >= 0.6 is 11.6 Å². The lowest BCUT2D eigenvalue weighted by Gasteiger charge is -2.05. The number of aromatic nitrogens is 2. The van der Waals surface area contributed by atoms with Crippen molar-refractivity contribution in [2.45, 2.75) is 19.6 Å². The van der Waals surface area contributed by atoms with E-state index in [1.54, 1.807) is 35.3 Å². The standard InChI is InChI=1S/C18H17ClN4O5/c19-13-10-21-22(11-13)9-3-8-20-18(24)17-7-6-14(28-17)12-27-16-5-2-1-4-15(16)23(25)26/h1-2,4-7,10-11H,3,8-9,12H2,(H,20,24). The molecule has 28 heavy (non-hydrogen) atoms. The number of aryl methyl sites for hydroxylation is 1. The molecule has 2 heterocycles. The van der Waals surface area contributed by atoms with Crippen molar-refractivity contribution in [3.05, 3.63) is 75.4 Å². The summed E-state index contributed by atoms with van der Waals surface area (Å²) in [4.78, 5) is 22.6. The van der Waals surface area contributed by atoms with Crippen molar-refractivity contribution < 1.29 is 18.9 Å². The zero-order valence-electron chi connectivity index (χ0n) is 14.7. The average molecular weight is 405 g/mol. The van der Waals surface area contributed by atoms with Gasteiger partial charge in [0.2, 0.25) is 0 Å². The van der Waals surface area contributed by atoms with E-state index < -0.39 is 4.92 Å². The van der Waals surface area contributed by atoms with Crippen LogP contribution in [-0.4, -0.2) is 27.2 Å². The normalized spacial score (nSPS) is 10.6. The smallest absolute Gasteiger partial charge is 0.310 e. The summed E-state index contributed by atoms with van der Waals surface area (Å²) in [5.74, 6) is 0.307. The minimum Gasteiger partial charge on any atom is -0.479 e. The van der Waals surface area contributed by atoms with Gasteiger partial charge in [-0.05, 0) is 24.6 Å². The topological polar surface area (TPSA) is 112 Å². The van der Waals surface area contributed by atoms with Gasteiger partial charge in [0.15, 0.2) is 11.5 Å². The van der Waals surface area contributed by atoms with Crippen molar-refractivity contribution >= 4 is 23.2 Å². The monoisotopic (exact) mass is 404 g/mol. The Balaban J connectivity index is 1.47. The number of halogens is 1. The van der Waals surface area contributed by atoms with E-state index in [2.05, 4.69) is 10.4 Å². The van der Waals surface area contributed by atoms with Crippen molar-refractivity contribution in [1.82, 2.24) is 15.1 Å². The highest BCUT2D eigenvalue weighted by atomic mass is 35.5. The summed E-state index contributed by atoms with van der Waals surface area (Å²) in [6, 6.07) is 9.17. The molecule has 146 valence electrons. The second kappa shape index (κ2) is 9.05. The summed E-state index contributed by atoms with van der Waals surface area (Å²) in [5, 5.41) is 18.3. The molecular weight excluding hydrogens is 388 g/mol. The molecule has 1 N–H and O–H groups in total. The molecule has 0 aliphatic rings. The summed E-state index contributed by atoms with van der Waals surface area (Å²) in [7, 11) is 0. The second-order valence-corrected chi connectivity index (χ2v) is 6.25. The molecule has 1 amide bonds. The average Bonchev–Trinajstić information content (AvgIpc) is 3.32. The van der Waals surface area contributed by atoms with Gasteiger partial charge in [-0.15, -0.1) is 0 Å². The first kappa shape index (κ1) is 19.4. The fourth-order valence-electron chi connectivity index (χ4n) is 2.45. The molecule has 0 atom stereocenters. The number of nitrogens with one attached hydrogen (secondary N) is 1. The van der Waals surface area contributed by atoms with Crippen molar-refractivity contribution in [3.8, 4) is 5.75 Å². The van der Waals surface area contributed by atoms with Crippen LogP contribution in [0.25, 0.3) is 0 Å². The lowest BCUT2D eigenvalue weighted by atomic mass is 10.3. The van der Waals surface area contributed by atoms with Crippen LogP contribution in [0.5, 0.6) is 5.75 Å². The number of furan rings is 1. The summed E-state index contributed by atoms with van der Waals surface area (Å²) in [6.07, 6.45) is 3.94. The third-order valence-electron chi connectivity index (χ3n) is 3.77. The molecule has 0 fully saturated rings. The molecule has 3 aromatic rings. The van der Waals surface area contributed by atoms with Gasteiger partial charge in [-0.3, -0.25) is 19.6 Å². The van der Waals surface area contributed by atoms with Gasteiger partial charge < -0.3 is 14.5 Å². The Hall–Kier alpha value is -3.33. The van der Waals surface area contributed by atoms with Crippen LogP contribution in [0.1, 0.15) is 22.7 Å². The number of nitro benzene ring substituents is 1. The van der Waals surface area contributed by atoms with E-state index in [0.29, 0.717) is 30.3 Å². The molecule has 0 saturated carbocycles. The number of carbonyl (C=O) groups excluding carboxylic acids is 1. The lowest BCUT2D eigenvalue weighted by molar-refractivity contribution is -0.386. The molecule has 9 nitrogen and oxygen atoms in total. The minimum absolute atomic E-state index is 0.0296. The fourth-order valence-corrected chi connectivity index (χ4v) is 2.60. The third kappa shape index (κ3) is 5.10. The molecule has 10 heteroatoms. The van der Waals surface area contributed by atoms with Gasteiger partial charge in [-0.1, -0.05) is 23.7 Å². The minimum atomic E-state index is -0.520. The summed E-state index contributed by atoms with van der Waals surface area (Å²) >= 11 is 5.79. The number of nitro groups is 1. The van der Waals surface area contributed by atoms with Crippen LogP contribution in [-0.2, 0) is 13.2 Å². The van der Waals surface area contributed by atoms with Gasteiger partial charge in [-0.25, -0.2) is 0 Å². The maximum Gasteiger partial charge on any atom is 0.310 e. The van der Waals surface area contributed by atoms with Crippen LogP contribution in [0, 0.1) is 10.1 Å². The van der Waals surface area contributed by atoms with E-state index in [-0.39, 0.29) is 29.7 Å². The number of hydrogen-bond acceptors (Lipinski definition) is 6. The number of carbonyl (C=O) groups is 1. The number of hydrogen-bond donors (Lipinski definition) is 1. The summed E-state index contributed by atoms with van der Waals surface area (Å²) in [6.45, 7) is 1.04. The van der Waals surface area contributed by atoms with Gasteiger partial charge in [-0.2, -0.15) is 5.10 Å². The van der Waals surface area contributed by atoms with Gasteiger partial charge in [0.05, 0.1) is 16.1 Å². The van der Waals surface area contributed by atoms with Gasteiger partial charge >= 0.3 is 5.69 Å². The Kier molecular flexibility index (Phi) is 6.28. The highest BCUT2D eigenvalue weighted by Gasteiger charge is 2.15. The maximum absolute atomic E-state index is 12.1.